The first-order chi connectivity index (χ1) is 28.4. The van der Waals surface area contributed by atoms with Crippen molar-refractivity contribution >= 4 is 79.0 Å². The van der Waals surface area contributed by atoms with E-state index in [1.54, 1.807) is 0 Å². The summed E-state index contributed by atoms with van der Waals surface area (Å²) in [7, 11) is -0.900. The third-order valence-corrected chi connectivity index (χ3v) is 17.1. The van der Waals surface area contributed by atoms with E-state index in [9.17, 15) is 0 Å². The number of hydrogen-bond acceptors (Lipinski definition) is 4. The standard InChI is InChI=1S/C52H40N4OSi/c1-52(2)42-29-28-39(32-46(42)56(50-27-14-15-30-53-50)47-33-41-40-23-10-13-26-48(40)57-49(41)34-43(47)52)58(36-18-6-4-7-19-36,37-20-8-5-9-21-37)38-22-16-17-35(31-38)51-54-44-24-11-12-25-45(44)55(51)3/h4-34H,1-3H3. The van der Waals surface area contributed by atoms with E-state index in [1.165, 1.54) is 31.9 Å². The zero-order chi connectivity index (χ0) is 39.0. The van der Waals surface area contributed by atoms with E-state index in [4.69, 9.17) is 14.4 Å². The van der Waals surface area contributed by atoms with Crippen LogP contribution < -0.4 is 25.6 Å². The highest BCUT2D eigenvalue weighted by atomic mass is 28.3. The number of pyridine rings is 1. The molecule has 0 fully saturated rings. The average molecular weight is 765 g/mol. The molecule has 1 aliphatic rings. The minimum atomic E-state index is -3.02. The Morgan fingerprint density at radius 1 is 0.534 bits per heavy atom. The molecule has 0 aliphatic carbocycles. The number of furan rings is 1. The Morgan fingerprint density at radius 3 is 1.97 bits per heavy atom. The largest absolute Gasteiger partial charge is 0.456 e. The second-order valence-corrected chi connectivity index (χ2v) is 19.7. The van der Waals surface area contributed by atoms with Crippen molar-refractivity contribution in [3.05, 3.63) is 199 Å². The summed E-state index contributed by atoms with van der Waals surface area (Å²) in [6, 6.07) is 66.2. The molecule has 0 saturated carbocycles. The first-order valence-electron chi connectivity index (χ1n) is 19.9. The molecule has 0 spiro atoms. The number of benzene rings is 7. The van der Waals surface area contributed by atoms with Gasteiger partial charge < -0.3 is 8.98 Å². The number of imidazole rings is 1. The minimum absolute atomic E-state index is 0.342. The normalized spacial score (nSPS) is 13.5. The fraction of sp³-hybridized carbons (Fsp3) is 0.0769. The van der Waals surface area contributed by atoms with Crippen LogP contribution in [0, 0.1) is 0 Å². The van der Waals surface area contributed by atoms with Gasteiger partial charge >= 0.3 is 0 Å². The third kappa shape index (κ3) is 5.01. The van der Waals surface area contributed by atoms with Crippen LogP contribution in [0.25, 0.3) is 44.4 Å². The fourth-order valence-electron chi connectivity index (χ4n) is 9.60. The van der Waals surface area contributed by atoms with Crippen LogP contribution in [0.1, 0.15) is 25.0 Å². The van der Waals surface area contributed by atoms with Crippen LogP contribution in [-0.2, 0) is 12.5 Å². The molecule has 0 saturated heterocycles. The monoisotopic (exact) mass is 764 g/mol. The molecule has 4 heterocycles. The number of anilines is 3. The van der Waals surface area contributed by atoms with Gasteiger partial charge in [0, 0.05) is 35.0 Å². The highest BCUT2D eigenvalue weighted by molar-refractivity contribution is 7.20. The van der Waals surface area contributed by atoms with Crippen LogP contribution in [0.5, 0.6) is 0 Å². The average Bonchev–Trinajstić information content (AvgIpc) is 3.81. The summed E-state index contributed by atoms with van der Waals surface area (Å²) in [5.74, 6) is 1.83. The lowest BCUT2D eigenvalue weighted by atomic mass is 9.73. The Bertz CT molecular complexity index is 3130. The van der Waals surface area contributed by atoms with Gasteiger partial charge in [-0.05, 0) is 80.4 Å². The van der Waals surface area contributed by atoms with Crippen molar-refractivity contribution in [1.82, 2.24) is 14.5 Å². The number of aromatic nitrogens is 3. The second-order valence-electron chi connectivity index (χ2n) is 15.9. The second kappa shape index (κ2) is 13.0. The number of para-hydroxylation sites is 3. The van der Waals surface area contributed by atoms with Crippen molar-refractivity contribution in [3.63, 3.8) is 0 Å². The van der Waals surface area contributed by atoms with E-state index in [-0.39, 0.29) is 5.41 Å². The Morgan fingerprint density at radius 2 is 1.21 bits per heavy atom. The lowest BCUT2D eigenvalue weighted by molar-refractivity contribution is 0.625. The first-order valence-corrected chi connectivity index (χ1v) is 21.9. The van der Waals surface area contributed by atoms with E-state index < -0.39 is 8.07 Å². The maximum atomic E-state index is 6.48. The van der Waals surface area contributed by atoms with Gasteiger partial charge in [-0.1, -0.05) is 147 Å². The van der Waals surface area contributed by atoms with Gasteiger partial charge in [0.05, 0.1) is 22.4 Å². The fourth-order valence-corrected chi connectivity index (χ4v) is 14.4. The molecule has 5 nitrogen and oxygen atoms in total. The van der Waals surface area contributed by atoms with Gasteiger partial charge in [-0.2, -0.15) is 0 Å². The summed E-state index contributed by atoms with van der Waals surface area (Å²) >= 11 is 0. The van der Waals surface area contributed by atoms with Gasteiger partial charge in [-0.25, -0.2) is 9.97 Å². The molecule has 7 aromatic carbocycles. The SMILES string of the molecule is Cn1c(-c2cccc([Si](c3ccccc3)(c3ccccc3)c3ccc4c(c3)N(c3ccccn3)c3cc5c(cc3C4(C)C)oc3ccccc35)c2)nc2ccccc21. The molecule has 0 bridgehead atoms. The maximum absolute atomic E-state index is 6.48. The predicted octanol–water partition coefficient (Wildman–Crippen LogP) is 10.0. The van der Waals surface area contributed by atoms with Crippen molar-refractivity contribution in [2.45, 2.75) is 19.3 Å². The Labute approximate surface area is 338 Å². The number of rotatable bonds is 6. The first kappa shape index (κ1) is 34.2. The summed E-state index contributed by atoms with van der Waals surface area (Å²) in [5.41, 5.74) is 9.35. The lowest BCUT2D eigenvalue weighted by Crippen LogP contribution is -2.74. The molecule has 10 aromatic rings. The summed E-state index contributed by atoms with van der Waals surface area (Å²) in [6.07, 6.45) is 1.89. The molecule has 1 aliphatic heterocycles. The summed E-state index contributed by atoms with van der Waals surface area (Å²) < 4.78 is 8.70. The zero-order valence-corrected chi connectivity index (χ0v) is 33.6. The Balaban J connectivity index is 1.21. The molecule has 0 radical (unpaired) electrons. The Kier molecular flexibility index (Phi) is 7.68. The summed E-state index contributed by atoms with van der Waals surface area (Å²) in [6.45, 7) is 4.68. The van der Waals surface area contributed by atoms with Crippen LogP contribution in [0.2, 0.25) is 0 Å². The van der Waals surface area contributed by atoms with Crippen molar-refractivity contribution in [3.8, 4) is 11.4 Å². The minimum Gasteiger partial charge on any atom is -0.456 e. The molecule has 3 aromatic heterocycles. The van der Waals surface area contributed by atoms with Crippen LogP contribution in [0.15, 0.2) is 193 Å². The third-order valence-electron chi connectivity index (χ3n) is 12.4. The predicted molar refractivity (Wildman–Crippen MR) is 242 cm³/mol. The van der Waals surface area contributed by atoms with Crippen LogP contribution in [0.4, 0.5) is 17.2 Å². The molecule has 11 rings (SSSR count). The highest BCUT2D eigenvalue weighted by Gasteiger charge is 2.44. The molecular weight excluding hydrogens is 725 g/mol. The smallest absolute Gasteiger partial charge is 0.179 e. The van der Waals surface area contributed by atoms with Gasteiger partial charge in [0.1, 0.15) is 22.8 Å². The topological polar surface area (TPSA) is 47.1 Å². The number of nitrogens with zero attached hydrogens (tertiary/aromatic N) is 4. The quantitative estimate of drug-likeness (QED) is 0.125. The van der Waals surface area contributed by atoms with Crippen molar-refractivity contribution in [2.75, 3.05) is 4.90 Å². The molecule has 278 valence electrons. The van der Waals surface area contributed by atoms with E-state index in [0.717, 1.165) is 61.6 Å². The van der Waals surface area contributed by atoms with Gasteiger partial charge in [0.2, 0.25) is 0 Å². The molecule has 58 heavy (non-hydrogen) atoms. The van der Waals surface area contributed by atoms with Crippen molar-refractivity contribution < 1.29 is 4.42 Å². The van der Waals surface area contributed by atoms with E-state index in [1.807, 2.05) is 18.3 Å². The summed E-state index contributed by atoms with van der Waals surface area (Å²) in [5, 5.41) is 7.42. The van der Waals surface area contributed by atoms with Crippen LogP contribution >= 0.6 is 0 Å². The number of fused-ring (bicyclic) bond motifs is 6. The maximum Gasteiger partial charge on any atom is 0.179 e. The molecule has 0 N–H and O–H groups in total. The van der Waals surface area contributed by atoms with Crippen LogP contribution in [0.3, 0.4) is 0 Å². The van der Waals surface area contributed by atoms with Gasteiger partial charge in [-0.3, -0.25) is 4.90 Å². The molecule has 0 atom stereocenters. The van der Waals surface area contributed by atoms with Crippen molar-refractivity contribution in [1.29, 1.82) is 0 Å². The summed E-state index contributed by atoms with van der Waals surface area (Å²) in [4.78, 5) is 12.6. The van der Waals surface area contributed by atoms with Gasteiger partial charge in [-0.15, -0.1) is 0 Å². The van der Waals surface area contributed by atoms with Crippen LogP contribution in [-0.4, -0.2) is 22.6 Å². The molecule has 0 unspecified atom stereocenters. The molecule has 6 heteroatoms. The van der Waals surface area contributed by atoms with E-state index in [0.29, 0.717) is 0 Å². The number of aryl methyl sites for hydroxylation is 1. The van der Waals surface area contributed by atoms with Crippen molar-refractivity contribution in [2.24, 2.45) is 7.05 Å². The van der Waals surface area contributed by atoms with Gasteiger partial charge in [0.25, 0.3) is 0 Å². The molecular formula is C52H40N4OSi. The lowest BCUT2D eigenvalue weighted by Gasteiger charge is -2.43. The van der Waals surface area contributed by atoms with Gasteiger partial charge in [0.15, 0.2) is 8.07 Å². The Hall–Kier alpha value is -7.02. The number of hydrogen-bond donors (Lipinski definition) is 0. The van der Waals surface area contributed by atoms with E-state index in [2.05, 4.69) is 200 Å². The highest BCUT2D eigenvalue weighted by Crippen LogP contribution is 2.53. The zero-order valence-electron chi connectivity index (χ0n) is 32.6. The molecule has 0 amide bonds. The van der Waals surface area contributed by atoms with E-state index >= 15 is 0 Å².